The molecule has 1 aromatic carbocycles. The predicted octanol–water partition coefficient (Wildman–Crippen LogP) is 2.43. The third-order valence-corrected chi connectivity index (χ3v) is 3.66. The van der Waals surface area contributed by atoms with Crippen molar-refractivity contribution in [1.82, 2.24) is 15.1 Å². The third kappa shape index (κ3) is 3.83. The van der Waals surface area contributed by atoms with E-state index in [1.807, 2.05) is 37.3 Å². The highest BCUT2D eigenvalue weighted by Crippen LogP contribution is 2.14. The standard InChI is InChI=1S/C14H13Cl2N3O2/c1-9(10-5-3-2-4-6-10)18-12(20)8-19-14(21)13(16)11(15)7-17-19/h2-7,9H,8H2,1H3,(H,18,20)/t9-/m0/s1. The zero-order valence-corrected chi connectivity index (χ0v) is 12.7. The number of benzene rings is 1. The van der Waals surface area contributed by atoms with E-state index in [9.17, 15) is 9.59 Å². The first-order valence-corrected chi connectivity index (χ1v) is 7.00. The Bertz CT molecular complexity index is 701. The first-order chi connectivity index (χ1) is 9.99. The minimum atomic E-state index is -0.591. The molecule has 110 valence electrons. The fourth-order valence-corrected chi connectivity index (χ4v) is 2.08. The van der Waals surface area contributed by atoms with E-state index < -0.39 is 5.56 Å². The Balaban J connectivity index is 2.06. The Labute approximate surface area is 131 Å². The van der Waals surface area contributed by atoms with E-state index in [4.69, 9.17) is 23.2 Å². The summed E-state index contributed by atoms with van der Waals surface area (Å²) in [6.07, 6.45) is 1.24. The van der Waals surface area contributed by atoms with Crippen molar-refractivity contribution < 1.29 is 4.79 Å². The smallest absolute Gasteiger partial charge is 0.287 e. The summed E-state index contributed by atoms with van der Waals surface area (Å²) in [5.74, 6) is -0.334. The van der Waals surface area contributed by atoms with Crippen molar-refractivity contribution in [1.29, 1.82) is 0 Å². The van der Waals surface area contributed by atoms with Crippen LogP contribution in [0.5, 0.6) is 0 Å². The topological polar surface area (TPSA) is 64.0 Å². The van der Waals surface area contributed by atoms with Crippen molar-refractivity contribution in [3.8, 4) is 0 Å². The number of amides is 1. The first kappa shape index (κ1) is 15.5. The molecule has 7 heteroatoms. The zero-order chi connectivity index (χ0) is 15.4. The van der Waals surface area contributed by atoms with Crippen molar-refractivity contribution >= 4 is 29.1 Å². The molecule has 0 aliphatic carbocycles. The second-order valence-corrected chi connectivity index (χ2v) is 5.25. The minimum Gasteiger partial charge on any atom is -0.348 e. The van der Waals surface area contributed by atoms with Crippen LogP contribution in [0.1, 0.15) is 18.5 Å². The average Bonchev–Trinajstić information content (AvgIpc) is 2.49. The highest BCUT2D eigenvalue weighted by molar-refractivity contribution is 6.41. The lowest BCUT2D eigenvalue weighted by Gasteiger charge is -2.14. The van der Waals surface area contributed by atoms with Crippen molar-refractivity contribution in [3.63, 3.8) is 0 Å². The molecule has 21 heavy (non-hydrogen) atoms. The summed E-state index contributed by atoms with van der Waals surface area (Å²) in [6.45, 7) is 1.64. The van der Waals surface area contributed by atoms with Crippen LogP contribution in [0.2, 0.25) is 10.0 Å². The van der Waals surface area contributed by atoms with Crippen LogP contribution in [-0.2, 0) is 11.3 Å². The summed E-state index contributed by atoms with van der Waals surface area (Å²) in [4.78, 5) is 23.7. The van der Waals surface area contributed by atoms with Gasteiger partial charge >= 0.3 is 0 Å². The zero-order valence-electron chi connectivity index (χ0n) is 11.2. The van der Waals surface area contributed by atoms with Gasteiger partial charge in [-0.2, -0.15) is 5.10 Å². The SMILES string of the molecule is C[C@H](NC(=O)Cn1ncc(Cl)c(Cl)c1=O)c1ccccc1. The van der Waals surface area contributed by atoms with Gasteiger partial charge in [-0.1, -0.05) is 53.5 Å². The number of hydrogen-bond donors (Lipinski definition) is 1. The summed E-state index contributed by atoms with van der Waals surface area (Å²) < 4.78 is 0.973. The number of hydrogen-bond acceptors (Lipinski definition) is 3. The molecule has 0 saturated carbocycles. The van der Waals surface area contributed by atoms with Crippen molar-refractivity contribution in [2.75, 3.05) is 0 Å². The molecule has 2 aromatic rings. The Kier molecular flexibility index (Phi) is 4.98. The van der Waals surface area contributed by atoms with Gasteiger partial charge in [0.1, 0.15) is 11.6 Å². The lowest BCUT2D eigenvalue weighted by molar-refractivity contribution is -0.122. The molecule has 5 nitrogen and oxygen atoms in total. The molecule has 1 aromatic heterocycles. The van der Waals surface area contributed by atoms with Crippen LogP contribution >= 0.6 is 23.2 Å². The van der Waals surface area contributed by atoms with Crippen LogP contribution in [0, 0.1) is 0 Å². The monoisotopic (exact) mass is 325 g/mol. The van der Waals surface area contributed by atoms with E-state index in [-0.39, 0.29) is 28.5 Å². The highest BCUT2D eigenvalue weighted by Gasteiger charge is 2.13. The van der Waals surface area contributed by atoms with E-state index in [0.29, 0.717) is 0 Å². The van der Waals surface area contributed by atoms with E-state index in [0.717, 1.165) is 10.2 Å². The van der Waals surface area contributed by atoms with Gasteiger partial charge in [-0.05, 0) is 12.5 Å². The Hall–Kier alpha value is -1.85. The van der Waals surface area contributed by atoms with Gasteiger partial charge in [-0.25, -0.2) is 4.68 Å². The first-order valence-electron chi connectivity index (χ1n) is 6.24. The predicted molar refractivity (Wildman–Crippen MR) is 81.5 cm³/mol. The summed E-state index contributed by atoms with van der Waals surface area (Å²) in [7, 11) is 0. The van der Waals surface area contributed by atoms with Gasteiger partial charge in [-0.3, -0.25) is 9.59 Å². The van der Waals surface area contributed by atoms with E-state index in [1.165, 1.54) is 6.20 Å². The molecule has 0 saturated heterocycles. The molecule has 1 heterocycles. The number of aromatic nitrogens is 2. The van der Waals surface area contributed by atoms with Gasteiger partial charge < -0.3 is 5.32 Å². The van der Waals surface area contributed by atoms with Crippen molar-refractivity contribution in [3.05, 3.63) is 62.5 Å². The summed E-state index contributed by atoms with van der Waals surface area (Å²) in [5.41, 5.74) is 0.381. The third-order valence-electron chi connectivity index (χ3n) is 2.91. The molecule has 2 rings (SSSR count). The fraction of sp³-hybridized carbons (Fsp3) is 0.214. The normalized spacial score (nSPS) is 12.0. The number of nitrogens with zero attached hydrogens (tertiary/aromatic N) is 2. The van der Waals surface area contributed by atoms with Gasteiger partial charge in [0.05, 0.1) is 17.3 Å². The molecule has 1 N–H and O–H groups in total. The molecule has 0 radical (unpaired) electrons. The van der Waals surface area contributed by atoms with Gasteiger partial charge in [0.15, 0.2) is 0 Å². The van der Waals surface area contributed by atoms with Gasteiger partial charge in [0, 0.05) is 0 Å². The molecule has 0 bridgehead atoms. The number of halogens is 2. The van der Waals surface area contributed by atoms with Crippen LogP contribution in [0.3, 0.4) is 0 Å². The van der Waals surface area contributed by atoms with Crippen LogP contribution in [0.25, 0.3) is 0 Å². The number of nitrogens with one attached hydrogen (secondary N) is 1. The largest absolute Gasteiger partial charge is 0.348 e. The van der Waals surface area contributed by atoms with E-state index in [2.05, 4.69) is 10.4 Å². The van der Waals surface area contributed by atoms with Crippen LogP contribution in [0.15, 0.2) is 41.3 Å². The van der Waals surface area contributed by atoms with Gasteiger partial charge in [0.2, 0.25) is 5.91 Å². The molecular formula is C14H13Cl2N3O2. The van der Waals surface area contributed by atoms with Gasteiger partial charge in [-0.15, -0.1) is 0 Å². The molecular weight excluding hydrogens is 313 g/mol. The molecule has 0 unspecified atom stereocenters. The lowest BCUT2D eigenvalue weighted by Crippen LogP contribution is -2.35. The number of rotatable bonds is 4. The number of carbonyl (C=O) groups is 1. The minimum absolute atomic E-state index is 0.0657. The fourth-order valence-electron chi connectivity index (χ4n) is 1.81. The maximum absolute atomic E-state index is 12.0. The molecule has 0 spiro atoms. The van der Waals surface area contributed by atoms with Crippen LogP contribution in [0.4, 0.5) is 0 Å². The highest BCUT2D eigenvalue weighted by atomic mass is 35.5. The van der Waals surface area contributed by atoms with Crippen molar-refractivity contribution in [2.45, 2.75) is 19.5 Å². The van der Waals surface area contributed by atoms with E-state index >= 15 is 0 Å². The quantitative estimate of drug-likeness (QED) is 0.938. The van der Waals surface area contributed by atoms with Crippen LogP contribution in [-0.4, -0.2) is 15.7 Å². The second kappa shape index (κ2) is 6.74. The summed E-state index contributed by atoms with van der Waals surface area (Å²) in [6, 6.07) is 9.34. The molecule has 0 aliphatic rings. The Morgan fingerprint density at radius 2 is 2.00 bits per heavy atom. The maximum atomic E-state index is 12.0. The molecule has 1 amide bonds. The lowest BCUT2D eigenvalue weighted by atomic mass is 10.1. The maximum Gasteiger partial charge on any atom is 0.287 e. The molecule has 0 aliphatic heterocycles. The van der Waals surface area contributed by atoms with E-state index in [1.54, 1.807) is 0 Å². The van der Waals surface area contributed by atoms with Crippen LogP contribution < -0.4 is 10.9 Å². The molecule has 1 atom stereocenters. The summed E-state index contributed by atoms with van der Waals surface area (Å²) >= 11 is 11.4. The Morgan fingerprint density at radius 1 is 1.33 bits per heavy atom. The average molecular weight is 326 g/mol. The Morgan fingerprint density at radius 3 is 2.67 bits per heavy atom. The second-order valence-electron chi connectivity index (χ2n) is 4.47. The van der Waals surface area contributed by atoms with Crippen molar-refractivity contribution in [2.24, 2.45) is 0 Å². The summed E-state index contributed by atoms with van der Waals surface area (Å²) in [5, 5.41) is 6.50. The van der Waals surface area contributed by atoms with Gasteiger partial charge in [0.25, 0.3) is 5.56 Å². The molecule has 0 fully saturated rings. The number of carbonyl (C=O) groups excluding carboxylic acids is 1.